The Balaban J connectivity index is 2.23. The number of nitrogens with one attached hydrogen (secondary N) is 1. The molecule has 0 spiro atoms. The van der Waals surface area contributed by atoms with Crippen molar-refractivity contribution in [1.82, 2.24) is 4.98 Å². The Morgan fingerprint density at radius 2 is 1.81 bits per heavy atom. The molecule has 2 rings (SSSR count). The lowest BCUT2D eigenvalue weighted by Crippen LogP contribution is -2.02. The first-order valence-electron chi connectivity index (χ1n) is 5.75. The maximum atomic E-state index is 11.3. The molecule has 1 aromatic heterocycles. The zero-order valence-corrected chi connectivity index (χ0v) is 11.8. The van der Waals surface area contributed by atoms with Crippen LogP contribution >= 0.6 is 0 Å². The van der Waals surface area contributed by atoms with Gasteiger partial charge < -0.3 is 11.1 Å². The Labute approximate surface area is 120 Å². The molecule has 0 saturated carbocycles. The first-order chi connectivity index (χ1) is 9.77. The number of nitro groups is 1. The third-order valence-electron chi connectivity index (χ3n) is 2.65. The first-order valence-corrected chi connectivity index (χ1v) is 7.64. The van der Waals surface area contributed by atoms with Crippen LogP contribution in [0.4, 0.5) is 23.0 Å². The van der Waals surface area contributed by atoms with Crippen molar-refractivity contribution in [2.24, 2.45) is 0 Å². The van der Waals surface area contributed by atoms with E-state index in [1.807, 2.05) is 0 Å². The summed E-state index contributed by atoms with van der Waals surface area (Å²) in [6, 6.07) is 8.69. The fraction of sp³-hybridized carbons (Fsp3) is 0.0833. The van der Waals surface area contributed by atoms with Gasteiger partial charge in [0.2, 0.25) is 5.82 Å². The quantitative estimate of drug-likeness (QED) is 0.650. The Bertz CT molecular complexity index is 787. The van der Waals surface area contributed by atoms with Crippen LogP contribution in [-0.2, 0) is 9.84 Å². The molecule has 1 aromatic carbocycles. The van der Waals surface area contributed by atoms with Crippen LogP contribution in [0.1, 0.15) is 0 Å². The molecule has 0 fully saturated rings. The predicted octanol–water partition coefficient (Wildman–Crippen LogP) is 1.72. The van der Waals surface area contributed by atoms with E-state index in [1.165, 1.54) is 24.3 Å². The van der Waals surface area contributed by atoms with Crippen molar-refractivity contribution in [3.63, 3.8) is 0 Å². The molecular weight excluding hydrogens is 296 g/mol. The molecule has 0 aliphatic rings. The fourth-order valence-corrected chi connectivity index (χ4v) is 2.26. The lowest BCUT2D eigenvalue weighted by molar-refractivity contribution is -0.384. The summed E-state index contributed by atoms with van der Waals surface area (Å²) in [4.78, 5) is 14.1. The minimum atomic E-state index is -3.25. The van der Waals surface area contributed by atoms with Crippen LogP contribution in [0.25, 0.3) is 0 Å². The van der Waals surface area contributed by atoms with E-state index in [0.717, 1.165) is 6.26 Å². The van der Waals surface area contributed by atoms with Crippen molar-refractivity contribution in [3.8, 4) is 0 Å². The number of hydrogen-bond acceptors (Lipinski definition) is 7. The van der Waals surface area contributed by atoms with Gasteiger partial charge in [-0.05, 0) is 30.3 Å². The smallest absolute Gasteiger partial charge is 0.311 e. The molecule has 0 atom stereocenters. The van der Waals surface area contributed by atoms with Gasteiger partial charge in [-0.25, -0.2) is 13.4 Å². The summed E-state index contributed by atoms with van der Waals surface area (Å²) in [6.45, 7) is 0. The van der Waals surface area contributed by atoms with Gasteiger partial charge in [0, 0.05) is 18.0 Å². The molecule has 110 valence electrons. The largest absolute Gasteiger partial charge is 0.378 e. The van der Waals surface area contributed by atoms with E-state index in [0.29, 0.717) is 11.5 Å². The second-order valence-electron chi connectivity index (χ2n) is 4.28. The van der Waals surface area contributed by atoms with E-state index in [4.69, 9.17) is 5.73 Å². The average Bonchev–Trinajstić information content (AvgIpc) is 2.38. The molecule has 0 saturated heterocycles. The van der Waals surface area contributed by atoms with Crippen LogP contribution < -0.4 is 11.1 Å². The van der Waals surface area contributed by atoms with Crippen LogP contribution in [0.5, 0.6) is 0 Å². The Hall–Kier alpha value is -2.68. The van der Waals surface area contributed by atoms with Gasteiger partial charge in [0.05, 0.1) is 9.82 Å². The highest BCUT2D eigenvalue weighted by atomic mass is 32.2. The highest BCUT2D eigenvalue weighted by molar-refractivity contribution is 7.90. The monoisotopic (exact) mass is 308 g/mol. The standard InChI is InChI=1S/C12H12N4O4S/c1-21(19,20)9-4-2-8(3-5-9)14-11-7-6-10(16(17)18)12(13)15-11/h2-7H,1H3,(H3,13,14,15). The summed E-state index contributed by atoms with van der Waals surface area (Å²) in [5.74, 6) is 0.128. The van der Waals surface area contributed by atoms with Gasteiger partial charge in [-0.3, -0.25) is 10.1 Å². The predicted molar refractivity (Wildman–Crippen MR) is 78.1 cm³/mol. The van der Waals surface area contributed by atoms with Gasteiger partial charge in [0.1, 0.15) is 5.82 Å². The van der Waals surface area contributed by atoms with E-state index in [2.05, 4.69) is 10.3 Å². The molecule has 3 N–H and O–H groups in total. The van der Waals surface area contributed by atoms with E-state index in [1.54, 1.807) is 12.1 Å². The summed E-state index contributed by atoms with van der Waals surface area (Å²) in [6.07, 6.45) is 1.12. The summed E-state index contributed by atoms with van der Waals surface area (Å²) < 4.78 is 22.7. The van der Waals surface area contributed by atoms with Gasteiger partial charge in [-0.1, -0.05) is 0 Å². The zero-order chi connectivity index (χ0) is 15.6. The van der Waals surface area contributed by atoms with Crippen molar-refractivity contribution < 1.29 is 13.3 Å². The Morgan fingerprint density at radius 1 is 1.19 bits per heavy atom. The molecule has 9 heteroatoms. The van der Waals surface area contributed by atoms with Crippen molar-refractivity contribution in [1.29, 1.82) is 0 Å². The third-order valence-corrected chi connectivity index (χ3v) is 3.78. The lowest BCUT2D eigenvalue weighted by atomic mass is 10.3. The van der Waals surface area contributed by atoms with Gasteiger partial charge >= 0.3 is 5.69 Å². The molecule has 0 amide bonds. The molecule has 0 radical (unpaired) electrons. The SMILES string of the molecule is CS(=O)(=O)c1ccc(Nc2ccc([N+](=O)[O-])c(N)n2)cc1. The minimum Gasteiger partial charge on any atom is -0.378 e. The number of pyridine rings is 1. The number of hydrogen-bond donors (Lipinski definition) is 2. The molecule has 2 aromatic rings. The second kappa shape index (κ2) is 5.37. The first kappa shape index (κ1) is 14.7. The molecule has 8 nitrogen and oxygen atoms in total. The summed E-state index contributed by atoms with van der Waals surface area (Å²) >= 11 is 0. The number of nitrogens with zero attached hydrogens (tertiary/aromatic N) is 2. The number of nitrogen functional groups attached to an aromatic ring is 1. The molecule has 0 bridgehead atoms. The molecule has 21 heavy (non-hydrogen) atoms. The van der Waals surface area contributed by atoms with Gasteiger partial charge in [-0.2, -0.15) is 0 Å². The normalized spacial score (nSPS) is 11.1. The van der Waals surface area contributed by atoms with Crippen LogP contribution in [-0.4, -0.2) is 24.6 Å². The summed E-state index contributed by atoms with van der Waals surface area (Å²) in [5.41, 5.74) is 5.80. The van der Waals surface area contributed by atoms with Crippen LogP contribution in [0.2, 0.25) is 0 Å². The van der Waals surface area contributed by atoms with Gasteiger partial charge in [-0.15, -0.1) is 0 Å². The van der Waals surface area contributed by atoms with Gasteiger partial charge in [0.15, 0.2) is 9.84 Å². The van der Waals surface area contributed by atoms with Crippen molar-refractivity contribution in [2.75, 3.05) is 17.3 Å². The molecular formula is C12H12N4O4S. The third kappa shape index (κ3) is 3.45. The van der Waals surface area contributed by atoms with E-state index < -0.39 is 14.8 Å². The van der Waals surface area contributed by atoms with Gasteiger partial charge in [0.25, 0.3) is 0 Å². The summed E-state index contributed by atoms with van der Waals surface area (Å²) in [7, 11) is -3.25. The van der Waals surface area contributed by atoms with E-state index >= 15 is 0 Å². The zero-order valence-electron chi connectivity index (χ0n) is 11.0. The molecule has 1 heterocycles. The minimum absolute atomic E-state index is 0.197. The van der Waals surface area contributed by atoms with E-state index in [-0.39, 0.29) is 16.4 Å². The van der Waals surface area contributed by atoms with E-state index in [9.17, 15) is 18.5 Å². The highest BCUT2D eigenvalue weighted by Gasteiger charge is 2.13. The number of benzene rings is 1. The molecule has 0 aliphatic carbocycles. The van der Waals surface area contributed by atoms with Crippen molar-refractivity contribution in [3.05, 3.63) is 46.5 Å². The fourth-order valence-electron chi connectivity index (χ4n) is 1.62. The number of aromatic nitrogens is 1. The number of rotatable bonds is 4. The van der Waals surface area contributed by atoms with Crippen LogP contribution in [0.3, 0.4) is 0 Å². The maximum absolute atomic E-state index is 11.3. The van der Waals surface area contributed by atoms with Crippen molar-refractivity contribution >= 4 is 32.8 Å². The average molecular weight is 308 g/mol. The Morgan fingerprint density at radius 3 is 2.29 bits per heavy atom. The number of nitrogens with two attached hydrogens (primary N) is 1. The van der Waals surface area contributed by atoms with Crippen molar-refractivity contribution in [2.45, 2.75) is 4.90 Å². The lowest BCUT2D eigenvalue weighted by Gasteiger charge is -2.07. The molecule has 0 aliphatic heterocycles. The molecule has 0 unspecified atom stereocenters. The number of sulfone groups is 1. The number of anilines is 3. The van der Waals surface area contributed by atoms with Crippen LogP contribution in [0, 0.1) is 10.1 Å². The second-order valence-corrected chi connectivity index (χ2v) is 6.30. The Kier molecular flexibility index (Phi) is 3.76. The van der Waals surface area contributed by atoms with Crippen LogP contribution in [0.15, 0.2) is 41.3 Å². The highest BCUT2D eigenvalue weighted by Crippen LogP contribution is 2.23. The maximum Gasteiger partial charge on any atom is 0.311 e. The summed E-state index contributed by atoms with van der Waals surface area (Å²) in [5, 5.41) is 13.5. The topological polar surface area (TPSA) is 128 Å².